The number of hydrogen-bond donors (Lipinski definition) is 1. The van der Waals surface area contributed by atoms with Crippen LogP contribution in [0.2, 0.25) is 0 Å². The largest absolute Gasteiger partial charge is 0.452 e. The fourth-order valence-corrected chi connectivity index (χ4v) is 2.31. The Hall–Kier alpha value is -2.88. The summed E-state index contributed by atoms with van der Waals surface area (Å²) in [4.78, 5) is 23.6. The number of esters is 1. The van der Waals surface area contributed by atoms with Crippen LogP contribution in [0, 0.1) is 13.8 Å². The highest BCUT2D eigenvalue weighted by atomic mass is 16.5. The predicted octanol–water partition coefficient (Wildman–Crippen LogP) is 3.74. The summed E-state index contributed by atoms with van der Waals surface area (Å²) in [6.45, 7) is 5.69. The quantitative estimate of drug-likeness (QED) is 0.645. The number of nitrogens with one attached hydrogen (secondary N) is 1. The maximum atomic E-state index is 11.9. The molecule has 4 nitrogen and oxygen atoms in total. The van der Waals surface area contributed by atoms with Crippen LogP contribution in [0.15, 0.2) is 54.6 Å². The smallest absolute Gasteiger partial charge is 0.331 e. The van der Waals surface area contributed by atoms with E-state index in [4.69, 9.17) is 4.74 Å². The molecule has 0 radical (unpaired) electrons. The topological polar surface area (TPSA) is 55.4 Å². The molecule has 130 valence electrons. The lowest BCUT2D eigenvalue weighted by atomic mass is 10.0. The fraction of sp³-hybridized carbons (Fsp3) is 0.238. The van der Waals surface area contributed by atoms with Crippen LogP contribution in [0.4, 0.5) is 0 Å². The second-order valence-electron chi connectivity index (χ2n) is 5.98. The van der Waals surface area contributed by atoms with E-state index in [1.807, 2.05) is 63.2 Å². The molecule has 0 aliphatic rings. The SMILES string of the molecule is Cc1ccc([C@@H](C)NC(=O)COC(=O)/C=C/c2ccccc2)cc1C. The van der Waals surface area contributed by atoms with Gasteiger partial charge in [0, 0.05) is 6.08 Å². The number of hydrogen-bond acceptors (Lipinski definition) is 3. The third kappa shape index (κ3) is 5.92. The molecule has 0 aromatic heterocycles. The Morgan fingerprint density at radius 1 is 1.08 bits per heavy atom. The van der Waals surface area contributed by atoms with Crippen LogP contribution in [-0.2, 0) is 14.3 Å². The number of carbonyl (C=O) groups excluding carboxylic acids is 2. The summed E-state index contributed by atoms with van der Waals surface area (Å²) in [6.07, 6.45) is 2.97. The average Bonchev–Trinajstić information content (AvgIpc) is 2.61. The van der Waals surface area contributed by atoms with Crippen LogP contribution < -0.4 is 5.32 Å². The van der Waals surface area contributed by atoms with Crippen LogP contribution in [-0.4, -0.2) is 18.5 Å². The molecule has 0 unspecified atom stereocenters. The Morgan fingerprint density at radius 3 is 2.48 bits per heavy atom. The second-order valence-corrected chi connectivity index (χ2v) is 5.98. The molecule has 2 aromatic rings. The van der Waals surface area contributed by atoms with E-state index >= 15 is 0 Å². The van der Waals surface area contributed by atoms with Gasteiger partial charge in [-0.15, -0.1) is 0 Å². The van der Waals surface area contributed by atoms with Crippen molar-refractivity contribution >= 4 is 18.0 Å². The first-order valence-corrected chi connectivity index (χ1v) is 8.22. The van der Waals surface area contributed by atoms with Gasteiger partial charge in [0.25, 0.3) is 5.91 Å². The molecule has 0 aliphatic heterocycles. The summed E-state index contributed by atoms with van der Waals surface area (Å²) >= 11 is 0. The monoisotopic (exact) mass is 337 g/mol. The van der Waals surface area contributed by atoms with E-state index in [0.29, 0.717) is 0 Å². The van der Waals surface area contributed by atoms with Crippen LogP contribution in [0.5, 0.6) is 0 Å². The van der Waals surface area contributed by atoms with Crippen molar-refractivity contribution in [1.82, 2.24) is 5.32 Å². The molecule has 0 heterocycles. The molecule has 1 amide bonds. The van der Waals surface area contributed by atoms with Gasteiger partial charge < -0.3 is 10.1 Å². The number of aryl methyl sites for hydroxylation is 2. The first-order chi connectivity index (χ1) is 12.0. The molecule has 1 N–H and O–H groups in total. The van der Waals surface area contributed by atoms with Crippen LogP contribution in [0.1, 0.15) is 35.2 Å². The van der Waals surface area contributed by atoms with Gasteiger partial charge in [-0.05, 0) is 49.1 Å². The standard InChI is InChI=1S/C21H23NO3/c1-15-9-11-19(13-16(15)2)17(3)22-20(23)14-25-21(24)12-10-18-7-5-4-6-8-18/h4-13,17H,14H2,1-3H3,(H,22,23)/b12-10+/t17-/m1/s1. The Bertz CT molecular complexity index is 766. The highest BCUT2D eigenvalue weighted by Gasteiger charge is 2.11. The zero-order valence-corrected chi connectivity index (χ0v) is 14.8. The molecule has 0 aliphatic carbocycles. The summed E-state index contributed by atoms with van der Waals surface area (Å²) < 4.78 is 4.97. The minimum atomic E-state index is -0.544. The van der Waals surface area contributed by atoms with Crippen molar-refractivity contribution < 1.29 is 14.3 Å². The molecular formula is C21H23NO3. The van der Waals surface area contributed by atoms with Crippen LogP contribution in [0.25, 0.3) is 6.08 Å². The van der Waals surface area contributed by atoms with Gasteiger partial charge in [-0.2, -0.15) is 0 Å². The van der Waals surface area contributed by atoms with Gasteiger partial charge in [0.05, 0.1) is 6.04 Å². The van der Waals surface area contributed by atoms with Crippen molar-refractivity contribution in [3.8, 4) is 0 Å². The van der Waals surface area contributed by atoms with E-state index in [1.165, 1.54) is 17.2 Å². The second kappa shape index (κ2) is 8.83. The lowest BCUT2D eigenvalue weighted by Gasteiger charge is -2.15. The first kappa shape index (κ1) is 18.5. The molecule has 25 heavy (non-hydrogen) atoms. The molecule has 0 saturated carbocycles. The normalized spacial score (nSPS) is 12.0. The van der Waals surface area contributed by atoms with Crippen LogP contribution in [0.3, 0.4) is 0 Å². The number of carbonyl (C=O) groups is 2. The maximum Gasteiger partial charge on any atom is 0.331 e. The summed E-state index contributed by atoms with van der Waals surface area (Å²) in [5.41, 5.74) is 4.30. The van der Waals surface area contributed by atoms with Crippen molar-refractivity contribution in [2.45, 2.75) is 26.8 Å². The van der Waals surface area contributed by atoms with E-state index in [0.717, 1.165) is 11.1 Å². The van der Waals surface area contributed by atoms with E-state index in [9.17, 15) is 9.59 Å². The Labute approximate surface area is 148 Å². The van der Waals surface area contributed by atoms with Crippen molar-refractivity contribution in [2.75, 3.05) is 6.61 Å². The Morgan fingerprint density at radius 2 is 1.80 bits per heavy atom. The van der Waals surface area contributed by atoms with Crippen molar-refractivity contribution in [2.24, 2.45) is 0 Å². The molecule has 4 heteroatoms. The number of amides is 1. The third-order valence-corrected chi connectivity index (χ3v) is 3.97. The highest BCUT2D eigenvalue weighted by molar-refractivity contribution is 5.89. The Balaban J connectivity index is 1.80. The number of rotatable bonds is 6. The first-order valence-electron chi connectivity index (χ1n) is 8.22. The van der Waals surface area contributed by atoms with Gasteiger partial charge in [-0.3, -0.25) is 4.79 Å². The van der Waals surface area contributed by atoms with Crippen molar-refractivity contribution in [1.29, 1.82) is 0 Å². The Kier molecular flexibility index (Phi) is 6.52. The van der Waals surface area contributed by atoms with E-state index in [1.54, 1.807) is 6.08 Å². The van der Waals surface area contributed by atoms with Gasteiger partial charge in [0.1, 0.15) is 0 Å². The highest BCUT2D eigenvalue weighted by Crippen LogP contribution is 2.16. The van der Waals surface area contributed by atoms with E-state index in [2.05, 4.69) is 11.4 Å². The minimum Gasteiger partial charge on any atom is -0.452 e. The number of ether oxygens (including phenoxy) is 1. The average molecular weight is 337 g/mol. The predicted molar refractivity (Wildman–Crippen MR) is 98.9 cm³/mol. The van der Waals surface area contributed by atoms with Gasteiger partial charge in [0.15, 0.2) is 6.61 Å². The molecule has 0 saturated heterocycles. The molecule has 0 bridgehead atoms. The summed E-state index contributed by atoms with van der Waals surface area (Å²) in [7, 11) is 0. The zero-order valence-electron chi connectivity index (χ0n) is 14.8. The molecule has 0 spiro atoms. The third-order valence-electron chi connectivity index (χ3n) is 3.97. The van der Waals surface area contributed by atoms with Gasteiger partial charge in [-0.25, -0.2) is 4.79 Å². The molecule has 2 rings (SSSR count). The van der Waals surface area contributed by atoms with Gasteiger partial charge >= 0.3 is 5.97 Å². The molecular weight excluding hydrogens is 314 g/mol. The van der Waals surface area contributed by atoms with Crippen LogP contribution >= 0.6 is 0 Å². The summed E-state index contributed by atoms with van der Waals surface area (Å²) in [6, 6.07) is 15.3. The zero-order chi connectivity index (χ0) is 18.2. The van der Waals surface area contributed by atoms with Crippen molar-refractivity contribution in [3.63, 3.8) is 0 Å². The maximum absolute atomic E-state index is 11.9. The summed E-state index contributed by atoms with van der Waals surface area (Å²) in [5.74, 6) is -0.870. The lowest BCUT2D eigenvalue weighted by Crippen LogP contribution is -2.31. The summed E-state index contributed by atoms with van der Waals surface area (Å²) in [5, 5.41) is 2.83. The van der Waals surface area contributed by atoms with E-state index < -0.39 is 5.97 Å². The molecule has 0 fully saturated rings. The number of benzene rings is 2. The fourth-order valence-electron chi connectivity index (χ4n) is 2.31. The minimum absolute atomic E-state index is 0.148. The van der Waals surface area contributed by atoms with E-state index in [-0.39, 0.29) is 18.6 Å². The van der Waals surface area contributed by atoms with Crippen molar-refractivity contribution in [3.05, 3.63) is 76.9 Å². The molecule has 2 aromatic carbocycles. The molecule has 1 atom stereocenters. The lowest BCUT2D eigenvalue weighted by molar-refractivity contribution is -0.144. The van der Waals surface area contributed by atoms with Gasteiger partial charge in [0.2, 0.25) is 0 Å². The van der Waals surface area contributed by atoms with Gasteiger partial charge in [-0.1, -0.05) is 48.5 Å².